The Morgan fingerprint density at radius 3 is 2.81 bits per heavy atom. The first-order chi connectivity index (χ1) is 15.2. The van der Waals surface area contributed by atoms with E-state index in [4.69, 9.17) is 4.98 Å². The molecule has 0 spiro atoms. The SMILES string of the molecule is C=CCn1c(SCC(=O)NCc2cccnc2)nc2sc(-c3ccccc3)cc2c1=O. The fourth-order valence-corrected chi connectivity index (χ4v) is 4.94. The van der Waals surface area contributed by atoms with Crippen molar-refractivity contribution < 1.29 is 4.79 Å². The summed E-state index contributed by atoms with van der Waals surface area (Å²) < 4.78 is 1.57. The highest BCUT2D eigenvalue weighted by Crippen LogP contribution is 2.32. The Morgan fingerprint density at radius 2 is 2.06 bits per heavy atom. The van der Waals surface area contributed by atoms with Crippen LogP contribution in [0.15, 0.2) is 83.5 Å². The van der Waals surface area contributed by atoms with E-state index >= 15 is 0 Å². The normalized spacial score (nSPS) is 10.8. The number of allylic oxidation sites excluding steroid dienone is 1. The summed E-state index contributed by atoms with van der Waals surface area (Å²) in [5.74, 6) is 0.0243. The van der Waals surface area contributed by atoms with E-state index in [1.165, 1.54) is 23.1 Å². The predicted octanol–water partition coefficient (Wildman–Crippen LogP) is 4.11. The van der Waals surface area contributed by atoms with Crippen LogP contribution in [-0.4, -0.2) is 26.2 Å². The number of aromatic nitrogens is 3. The lowest BCUT2D eigenvalue weighted by Gasteiger charge is -2.10. The van der Waals surface area contributed by atoms with E-state index in [1.807, 2.05) is 48.5 Å². The maximum Gasteiger partial charge on any atom is 0.263 e. The van der Waals surface area contributed by atoms with Gasteiger partial charge in [-0.3, -0.25) is 19.1 Å². The number of carbonyl (C=O) groups excluding carboxylic acids is 1. The van der Waals surface area contributed by atoms with Gasteiger partial charge in [0.2, 0.25) is 5.91 Å². The van der Waals surface area contributed by atoms with Crippen LogP contribution in [0.5, 0.6) is 0 Å². The summed E-state index contributed by atoms with van der Waals surface area (Å²) >= 11 is 2.72. The molecule has 6 nitrogen and oxygen atoms in total. The second kappa shape index (κ2) is 9.72. The number of amides is 1. The van der Waals surface area contributed by atoms with Gasteiger partial charge in [-0.05, 0) is 23.3 Å². The van der Waals surface area contributed by atoms with Crippen molar-refractivity contribution in [3.05, 3.63) is 89.5 Å². The van der Waals surface area contributed by atoms with Crippen molar-refractivity contribution in [1.82, 2.24) is 19.9 Å². The molecule has 1 aromatic carbocycles. The van der Waals surface area contributed by atoms with Gasteiger partial charge in [0.25, 0.3) is 5.56 Å². The fourth-order valence-electron chi connectivity index (χ4n) is 3.03. The lowest BCUT2D eigenvalue weighted by atomic mass is 10.2. The van der Waals surface area contributed by atoms with E-state index in [1.54, 1.807) is 23.0 Å². The van der Waals surface area contributed by atoms with Gasteiger partial charge in [0, 0.05) is 30.4 Å². The molecule has 156 valence electrons. The van der Waals surface area contributed by atoms with Crippen molar-refractivity contribution in [1.29, 1.82) is 0 Å². The van der Waals surface area contributed by atoms with E-state index < -0.39 is 0 Å². The van der Waals surface area contributed by atoms with E-state index in [0.717, 1.165) is 16.0 Å². The smallest absolute Gasteiger partial charge is 0.263 e. The lowest BCUT2D eigenvalue weighted by molar-refractivity contribution is -0.118. The van der Waals surface area contributed by atoms with Gasteiger partial charge in [0.15, 0.2) is 5.16 Å². The maximum absolute atomic E-state index is 13.1. The molecule has 0 fully saturated rings. The monoisotopic (exact) mass is 448 g/mol. The number of hydrogen-bond acceptors (Lipinski definition) is 6. The molecule has 0 aliphatic carbocycles. The average Bonchev–Trinajstić information content (AvgIpc) is 3.24. The molecule has 0 aliphatic rings. The Balaban J connectivity index is 1.56. The van der Waals surface area contributed by atoms with Gasteiger partial charge in [-0.25, -0.2) is 4.98 Å². The third-order valence-corrected chi connectivity index (χ3v) is 6.59. The van der Waals surface area contributed by atoms with Gasteiger partial charge in [-0.1, -0.05) is 54.2 Å². The quantitative estimate of drug-likeness (QED) is 0.249. The van der Waals surface area contributed by atoms with Gasteiger partial charge in [0.05, 0.1) is 11.1 Å². The van der Waals surface area contributed by atoms with Gasteiger partial charge < -0.3 is 5.32 Å². The summed E-state index contributed by atoms with van der Waals surface area (Å²) in [5, 5.41) is 3.95. The Labute approximate surface area is 187 Å². The number of nitrogens with one attached hydrogen (secondary N) is 1. The molecule has 0 bridgehead atoms. The molecule has 3 heterocycles. The standard InChI is InChI=1S/C23H20N4O2S2/c1-2-11-27-22(29)18-12-19(17-8-4-3-5-9-17)31-21(18)26-23(27)30-15-20(28)25-14-16-7-6-10-24-13-16/h2-10,12-13H,1,11,14-15H2,(H,25,28). The minimum Gasteiger partial charge on any atom is -0.351 e. The third kappa shape index (κ3) is 4.92. The lowest BCUT2D eigenvalue weighted by Crippen LogP contribution is -2.26. The fraction of sp³-hybridized carbons (Fsp3) is 0.130. The average molecular weight is 449 g/mol. The van der Waals surface area contributed by atoms with Crippen LogP contribution in [0, 0.1) is 0 Å². The zero-order valence-corrected chi connectivity index (χ0v) is 18.3. The summed E-state index contributed by atoms with van der Waals surface area (Å²) in [7, 11) is 0. The number of fused-ring (bicyclic) bond motifs is 1. The largest absolute Gasteiger partial charge is 0.351 e. The number of thioether (sulfide) groups is 1. The van der Waals surface area contributed by atoms with Gasteiger partial charge in [-0.2, -0.15) is 0 Å². The zero-order valence-electron chi connectivity index (χ0n) is 16.7. The van der Waals surface area contributed by atoms with E-state index in [2.05, 4.69) is 16.9 Å². The Hall–Kier alpha value is -3.23. The van der Waals surface area contributed by atoms with Crippen LogP contribution in [0.4, 0.5) is 0 Å². The third-order valence-electron chi connectivity index (χ3n) is 4.53. The Kier molecular flexibility index (Phi) is 6.59. The van der Waals surface area contributed by atoms with Crippen LogP contribution in [0.25, 0.3) is 20.7 Å². The van der Waals surface area contributed by atoms with Crippen LogP contribution in [0.2, 0.25) is 0 Å². The number of thiophene rings is 1. The highest BCUT2D eigenvalue weighted by atomic mass is 32.2. The Morgan fingerprint density at radius 1 is 1.23 bits per heavy atom. The first kappa shape index (κ1) is 21.0. The van der Waals surface area contributed by atoms with Crippen LogP contribution in [0.1, 0.15) is 5.56 Å². The van der Waals surface area contributed by atoms with Gasteiger partial charge in [0.1, 0.15) is 4.83 Å². The van der Waals surface area contributed by atoms with Crippen molar-refractivity contribution in [3.63, 3.8) is 0 Å². The Bertz CT molecular complexity index is 1270. The van der Waals surface area contributed by atoms with Crippen molar-refractivity contribution in [2.45, 2.75) is 18.2 Å². The molecule has 0 radical (unpaired) electrons. The molecule has 4 rings (SSSR count). The molecule has 3 aromatic heterocycles. The number of hydrogen-bond donors (Lipinski definition) is 1. The highest BCUT2D eigenvalue weighted by molar-refractivity contribution is 7.99. The molecular formula is C23H20N4O2S2. The molecule has 0 atom stereocenters. The predicted molar refractivity (Wildman–Crippen MR) is 126 cm³/mol. The van der Waals surface area contributed by atoms with Crippen molar-refractivity contribution in [2.75, 3.05) is 5.75 Å². The van der Waals surface area contributed by atoms with Crippen LogP contribution in [-0.2, 0) is 17.9 Å². The number of rotatable bonds is 8. The summed E-state index contributed by atoms with van der Waals surface area (Å²) in [4.78, 5) is 35.8. The summed E-state index contributed by atoms with van der Waals surface area (Å²) in [6.45, 7) is 4.49. The highest BCUT2D eigenvalue weighted by Gasteiger charge is 2.16. The molecule has 4 aromatic rings. The molecule has 1 N–H and O–H groups in total. The van der Waals surface area contributed by atoms with Crippen molar-refractivity contribution in [3.8, 4) is 10.4 Å². The number of benzene rings is 1. The number of carbonyl (C=O) groups is 1. The van der Waals surface area contributed by atoms with Crippen LogP contribution >= 0.6 is 23.1 Å². The summed E-state index contributed by atoms with van der Waals surface area (Å²) in [6, 6.07) is 15.5. The second-order valence-electron chi connectivity index (χ2n) is 6.72. The molecule has 1 amide bonds. The first-order valence-electron chi connectivity index (χ1n) is 9.65. The van der Waals surface area contributed by atoms with Crippen LogP contribution in [0.3, 0.4) is 0 Å². The topological polar surface area (TPSA) is 76.9 Å². The van der Waals surface area contributed by atoms with Crippen molar-refractivity contribution in [2.24, 2.45) is 0 Å². The van der Waals surface area contributed by atoms with Crippen LogP contribution < -0.4 is 10.9 Å². The minimum atomic E-state index is -0.135. The molecule has 0 aliphatic heterocycles. The minimum absolute atomic E-state index is 0.124. The summed E-state index contributed by atoms with van der Waals surface area (Å²) in [6.07, 6.45) is 5.06. The second-order valence-corrected chi connectivity index (χ2v) is 8.69. The first-order valence-corrected chi connectivity index (χ1v) is 11.4. The molecule has 31 heavy (non-hydrogen) atoms. The van der Waals surface area contributed by atoms with E-state index in [0.29, 0.717) is 28.5 Å². The van der Waals surface area contributed by atoms with Gasteiger partial charge >= 0.3 is 0 Å². The summed E-state index contributed by atoms with van der Waals surface area (Å²) in [5.41, 5.74) is 1.85. The molecule has 0 saturated heterocycles. The van der Waals surface area contributed by atoms with Gasteiger partial charge in [-0.15, -0.1) is 17.9 Å². The molecule has 0 unspecified atom stereocenters. The van der Waals surface area contributed by atoms with E-state index in [-0.39, 0.29) is 17.2 Å². The maximum atomic E-state index is 13.1. The number of pyridine rings is 1. The molecular weight excluding hydrogens is 428 g/mol. The zero-order chi connectivity index (χ0) is 21.6. The van der Waals surface area contributed by atoms with Crippen molar-refractivity contribution >= 4 is 39.2 Å². The number of nitrogens with zero attached hydrogens (tertiary/aromatic N) is 3. The molecule has 0 saturated carbocycles. The molecule has 8 heteroatoms. The van der Waals surface area contributed by atoms with E-state index in [9.17, 15) is 9.59 Å².